The van der Waals surface area contributed by atoms with Crippen LogP contribution >= 0.6 is 11.6 Å². The number of nitrogens with zero attached hydrogens (tertiary/aromatic N) is 4. The summed E-state index contributed by atoms with van der Waals surface area (Å²) in [6, 6.07) is 0. The number of hydrogen-bond acceptors (Lipinski definition) is 5. The van der Waals surface area contributed by atoms with Crippen LogP contribution in [0.25, 0.3) is 0 Å². The molecule has 0 bridgehead atoms. The number of hydrogen-bond donors (Lipinski definition) is 0. The largest absolute Gasteiger partial charge is 0.390 e. The van der Waals surface area contributed by atoms with Crippen LogP contribution in [0.2, 0.25) is 5.28 Å². The summed E-state index contributed by atoms with van der Waals surface area (Å²) in [5.41, 5.74) is -0.496. The highest BCUT2D eigenvalue weighted by Crippen LogP contribution is 2.27. The third kappa shape index (κ3) is 3.99. The van der Waals surface area contributed by atoms with Gasteiger partial charge in [0.05, 0.1) is 11.3 Å². The molecular formula is C8H8ClF3N4O2. The van der Waals surface area contributed by atoms with Crippen molar-refractivity contribution >= 4 is 23.1 Å². The standard InChI is InChI=1S/C8H8ClF3N4O2/c1-15(3-2-8(10,11)12)6-5(16(17)18)4-13-7(9)14-6/h4H,2-3H2,1H3. The van der Waals surface area contributed by atoms with Crippen LogP contribution in [-0.2, 0) is 0 Å². The van der Waals surface area contributed by atoms with Crippen LogP contribution in [0.4, 0.5) is 24.7 Å². The number of nitro groups is 1. The van der Waals surface area contributed by atoms with Crippen LogP contribution < -0.4 is 4.90 Å². The van der Waals surface area contributed by atoms with Crippen molar-refractivity contribution in [1.82, 2.24) is 9.97 Å². The zero-order valence-electron chi connectivity index (χ0n) is 9.11. The zero-order valence-corrected chi connectivity index (χ0v) is 9.86. The lowest BCUT2D eigenvalue weighted by atomic mass is 10.3. The van der Waals surface area contributed by atoms with Gasteiger partial charge in [-0.15, -0.1) is 0 Å². The molecule has 0 radical (unpaired) electrons. The third-order valence-electron chi connectivity index (χ3n) is 2.01. The van der Waals surface area contributed by atoms with Crippen molar-refractivity contribution < 1.29 is 18.1 Å². The number of rotatable bonds is 4. The van der Waals surface area contributed by atoms with Gasteiger partial charge in [0.1, 0.15) is 6.20 Å². The maximum absolute atomic E-state index is 12.1. The molecule has 0 fully saturated rings. The fraction of sp³-hybridized carbons (Fsp3) is 0.500. The Bertz CT molecular complexity index is 454. The number of halogens is 4. The third-order valence-corrected chi connectivity index (χ3v) is 2.19. The summed E-state index contributed by atoms with van der Waals surface area (Å²) in [4.78, 5) is 17.9. The SMILES string of the molecule is CN(CCC(F)(F)F)c1nc(Cl)ncc1[N+](=O)[O-]. The molecule has 0 aromatic carbocycles. The Morgan fingerprint density at radius 1 is 1.56 bits per heavy atom. The van der Waals surface area contributed by atoms with Gasteiger partial charge in [-0.05, 0) is 11.6 Å². The molecule has 100 valence electrons. The van der Waals surface area contributed by atoms with E-state index in [4.69, 9.17) is 11.6 Å². The molecule has 0 unspecified atom stereocenters. The minimum Gasteiger partial charge on any atom is -0.353 e. The van der Waals surface area contributed by atoms with E-state index in [0.29, 0.717) is 0 Å². The van der Waals surface area contributed by atoms with Crippen LogP contribution in [0, 0.1) is 10.1 Å². The molecular weight excluding hydrogens is 277 g/mol. The summed E-state index contributed by atoms with van der Waals surface area (Å²) in [5, 5.41) is 10.4. The van der Waals surface area contributed by atoms with E-state index in [0.717, 1.165) is 11.1 Å². The normalized spacial score (nSPS) is 11.4. The minimum atomic E-state index is -4.35. The fourth-order valence-corrected chi connectivity index (χ4v) is 1.28. The Balaban J connectivity index is 2.93. The second-order valence-corrected chi connectivity index (χ2v) is 3.73. The smallest absolute Gasteiger partial charge is 0.353 e. The van der Waals surface area contributed by atoms with Crippen LogP contribution in [-0.4, -0.2) is 34.7 Å². The molecule has 0 aliphatic carbocycles. The number of alkyl halides is 3. The van der Waals surface area contributed by atoms with E-state index in [1.54, 1.807) is 0 Å². The molecule has 1 heterocycles. The van der Waals surface area contributed by atoms with E-state index in [1.807, 2.05) is 0 Å². The monoisotopic (exact) mass is 284 g/mol. The van der Waals surface area contributed by atoms with Gasteiger partial charge < -0.3 is 4.90 Å². The second kappa shape index (κ2) is 5.34. The molecule has 1 aromatic rings. The average molecular weight is 285 g/mol. The zero-order chi connectivity index (χ0) is 13.9. The minimum absolute atomic E-state index is 0.246. The molecule has 10 heteroatoms. The fourth-order valence-electron chi connectivity index (χ4n) is 1.16. The van der Waals surface area contributed by atoms with Crippen molar-refractivity contribution in [2.75, 3.05) is 18.5 Å². The van der Waals surface area contributed by atoms with E-state index >= 15 is 0 Å². The van der Waals surface area contributed by atoms with Crippen LogP contribution in [0.15, 0.2) is 6.20 Å². The highest BCUT2D eigenvalue weighted by Gasteiger charge is 2.29. The lowest BCUT2D eigenvalue weighted by molar-refractivity contribution is -0.384. The van der Waals surface area contributed by atoms with Gasteiger partial charge in [-0.25, -0.2) is 4.98 Å². The molecule has 0 spiro atoms. The Kier molecular flexibility index (Phi) is 4.28. The predicted molar refractivity (Wildman–Crippen MR) is 57.6 cm³/mol. The van der Waals surface area contributed by atoms with Crippen molar-refractivity contribution in [3.8, 4) is 0 Å². The number of anilines is 1. The highest BCUT2D eigenvalue weighted by atomic mass is 35.5. The summed E-state index contributed by atoms with van der Waals surface area (Å²) in [5.74, 6) is -0.246. The summed E-state index contributed by atoms with van der Waals surface area (Å²) < 4.78 is 36.2. The van der Waals surface area contributed by atoms with E-state index < -0.39 is 29.8 Å². The molecule has 1 rings (SSSR count). The van der Waals surface area contributed by atoms with Gasteiger partial charge in [-0.2, -0.15) is 18.2 Å². The first kappa shape index (κ1) is 14.4. The first-order valence-corrected chi connectivity index (χ1v) is 5.03. The molecule has 0 aliphatic heterocycles. The number of aromatic nitrogens is 2. The van der Waals surface area contributed by atoms with Crippen molar-refractivity contribution in [2.24, 2.45) is 0 Å². The van der Waals surface area contributed by atoms with Crippen molar-refractivity contribution in [3.05, 3.63) is 21.6 Å². The van der Waals surface area contributed by atoms with E-state index in [1.165, 1.54) is 7.05 Å². The van der Waals surface area contributed by atoms with Crippen molar-refractivity contribution in [2.45, 2.75) is 12.6 Å². The lowest BCUT2D eigenvalue weighted by Crippen LogP contribution is -2.25. The predicted octanol–water partition coefficient (Wildman–Crippen LogP) is 2.43. The topological polar surface area (TPSA) is 72.2 Å². The summed E-state index contributed by atoms with van der Waals surface area (Å²) in [6.45, 7) is -0.461. The Morgan fingerprint density at radius 3 is 2.67 bits per heavy atom. The molecule has 0 atom stereocenters. The molecule has 0 saturated heterocycles. The van der Waals surface area contributed by atoms with Gasteiger partial charge in [-0.1, -0.05) is 0 Å². The van der Waals surface area contributed by atoms with E-state index in [2.05, 4.69) is 9.97 Å². The van der Waals surface area contributed by atoms with Gasteiger partial charge in [0.15, 0.2) is 0 Å². The summed E-state index contributed by atoms with van der Waals surface area (Å²) in [6.07, 6.45) is -4.60. The Labute approximate surface area is 105 Å². The quantitative estimate of drug-likeness (QED) is 0.482. The first-order chi connectivity index (χ1) is 8.20. The molecule has 0 saturated carbocycles. The summed E-state index contributed by atoms with van der Waals surface area (Å²) >= 11 is 5.46. The molecule has 6 nitrogen and oxygen atoms in total. The van der Waals surface area contributed by atoms with Crippen molar-refractivity contribution in [3.63, 3.8) is 0 Å². The Morgan fingerprint density at radius 2 is 2.17 bits per heavy atom. The molecule has 0 amide bonds. The van der Waals surface area contributed by atoms with Gasteiger partial charge >= 0.3 is 11.9 Å². The van der Waals surface area contributed by atoms with E-state index in [-0.39, 0.29) is 11.1 Å². The van der Waals surface area contributed by atoms with Gasteiger partial charge in [-0.3, -0.25) is 10.1 Å². The van der Waals surface area contributed by atoms with Crippen molar-refractivity contribution in [1.29, 1.82) is 0 Å². The van der Waals surface area contributed by atoms with Crippen LogP contribution in [0.5, 0.6) is 0 Å². The summed E-state index contributed by atoms with van der Waals surface area (Å²) in [7, 11) is 1.26. The van der Waals surface area contributed by atoms with Gasteiger partial charge in [0, 0.05) is 13.6 Å². The first-order valence-electron chi connectivity index (χ1n) is 4.65. The Hall–Kier alpha value is -1.64. The van der Waals surface area contributed by atoms with Crippen LogP contribution in [0.3, 0.4) is 0 Å². The maximum atomic E-state index is 12.1. The lowest BCUT2D eigenvalue weighted by Gasteiger charge is -2.18. The molecule has 1 aromatic heterocycles. The van der Waals surface area contributed by atoms with Crippen LogP contribution in [0.1, 0.15) is 6.42 Å². The average Bonchev–Trinajstić information content (AvgIpc) is 2.24. The molecule has 0 aliphatic rings. The molecule has 0 N–H and O–H groups in total. The maximum Gasteiger partial charge on any atom is 0.390 e. The van der Waals surface area contributed by atoms with Gasteiger partial charge in [0.25, 0.3) is 0 Å². The molecule has 18 heavy (non-hydrogen) atoms. The second-order valence-electron chi connectivity index (χ2n) is 3.39. The highest BCUT2D eigenvalue weighted by molar-refractivity contribution is 6.28. The van der Waals surface area contributed by atoms with E-state index in [9.17, 15) is 23.3 Å². The van der Waals surface area contributed by atoms with Gasteiger partial charge in [0.2, 0.25) is 11.1 Å².